The number of aliphatic carboxylic acids is 1. The molecule has 0 unspecified atom stereocenters. The van der Waals surface area contributed by atoms with Crippen molar-refractivity contribution in [1.29, 1.82) is 0 Å². The fourth-order valence-electron chi connectivity index (χ4n) is 2.38. The van der Waals surface area contributed by atoms with Gasteiger partial charge in [0, 0.05) is 8.80 Å². The number of nitrogens with two attached hydrogens (primary N) is 1. The van der Waals surface area contributed by atoms with E-state index < -0.39 is 27.5 Å². The van der Waals surface area contributed by atoms with Gasteiger partial charge in [0.25, 0.3) is 0 Å². The first kappa shape index (κ1) is 22.7. The SMILES string of the molecule is CC(C)[SiH](C(C)C)C(C)C.N[C@H](CF)C(=O)O.O. The first-order valence-electron chi connectivity index (χ1n) is 6.19. The van der Waals surface area contributed by atoms with Gasteiger partial charge in [0.15, 0.2) is 0 Å². The van der Waals surface area contributed by atoms with Crippen molar-refractivity contribution in [1.82, 2.24) is 0 Å². The molecule has 112 valence electrons. The standard InChI is InChI=1S/C9H22Si.C3H6FNO2.H2O/c1-7(2)10(8(3)4)9(5)6;4-1-2(5)3(6)7;/h7-10H,1-6H3;2H,1,5H2,(H,6,7);1H2/t;2-;/m.1./s1. The molecule has 0 aliphatic carbocycles. The largest absolute Gasteiger partial charge is 0.480 e. The molecule has 0 spiro atoms. The Morgan fingerprint density at radius 2 is 1.39 bits per heavy atom. The van der Waals surface area contributed by atoms with Crippen LogP contribution >= 0.6 is 0 Å². The van der Waals surface area contributed by atoms with Gasteiger partial charge in [0.2, 0.25) is 0 Å². The average Bonchev–Trinajstić information content (AvgIpc) is 2.15. The maximum atomic E-state index is 11.1. The molecule has 0 saturated carbocycles. The number of hydrogen-bond acceptors (Lipinski definition) is 2. The zero-order valence-electron chi connectivity index (χ0n) is 12.4. The van der Waals surface area contributed by atoms with Gasteiger partial charge in [0.05, 0.1) is 0 Å². The fraction of sp³-hybridized carbons (Fsp3) is 0.917. The van der Waals surface area contributed by atoms with Crippen molar-refractivity contribution >= 4 is 14.8 Å². The summed E-state index contributed by atoms with van der Waals surface area (Å²) in [6, 6.07) is -1.35. The number of halogens is 1. The molecule has 0 amide bonds. The summed E-state index contributed by atoms with van der Waals surface area (Å²) in [5.74, 6) is -1.30. The maximum Gasteiger partial charge on any atom is 0.323 e. The molecule has 0 rings (SSSR count). The second-order valence-corrected chi connectivity index (χ2v) is 10.6. The predicted molar refractivity (Wildman–Crippen MR) is 77.6 cm³/mol. The van der Waals surface area contributed by atoms with Crippen molar-refractivity contribution in [3.63, 3.8) is 0 Å². The summed E-state index contributed by atoms with van der Waals surface area (Å²) in [4.78, 5) is 9.57. The predicted octanol–water partition coefficient (Wildman–Crippen LogP) is 1.99. The summed E-state index contributed by atoms with van der Waals surface area (Å²) in [5.41, 5.74) is 7.56. The summed E-state index contributed by atoms with van der Waals surface area (Å²) >= 11 is 0. The van der Waals surface area contributed by atoms with E-state index >= 15 is 0 Å². The Kier molecular flexibility index (Phi) is 14.6. The highest BCUT2D eigenvalue weighted by atomic mass is 28.3. The van der Waals surface area contributed by atoms with Crippen LogP contribution in [0.3, 0.4) is 0 Å². The Labute approximate surface area is 112 Å². The summed E-state index contributed by atoms with van der Waals surface area (Å²) in [7, 11) is -0.454. The average molecular weight is 283 g/mol. The fourth-order valence-corrected chi connectivity index (χ4v) is 6.99. The molecule has 0 aromatic heterocycles. The lowest BCUT2D eigenvalue weighted by atomic mass is 10.4. The Balaban J connectivity index is -0.000000251. The van der Waals surface area contributed by atoms with E-state index in [-0.39, 0.29) is 5.48 Å². The monoisotopic (exact) mass is 283 g/mol. The van der Waals surface area contributed by atoms with Gasteiger partial charge >= 0.3 is 5.97 Å². The molecular weight excluding hydrogens is 253 g/mol. The molecule has 0 aliphatic rings. The Bertz CT molecular complexity index is 194. The van der Waals surface area contributed by atoms with Crippen LogP contribution in [-0.2, 0) is 4.79 Å². The van der Waals surface area contributed by atoms with E-state index in [1.54, 1.807) is 0 Å². The smallest absolute Gasteiger partial charge is 0.323 e. The number of alkyl halides is 1. The van der Waals surface area contributed by atoms with Crippen LogP contribution in [0.4, 0.5) is 4.39 Å². The molecule has 0 aliphatic heterocycles. The van der Waals surface area contributed by atoms with Gasteiger partial charge in [-0.3, -0.25) is 4.79 Å². The topological polar surface area (TPSA) is 94.8 Å². The molecule has 1 atom stereocenters. The zero-order valence-corrected chi connectivity index (χ0v) is 13.6. The van der Waals surface area contributed by atoms with E-state index in [1.165, 1.54) is 0 Å². The lowest BCUT2D eigenvalue weighted by Crippen LogP contribution is -2.31. The van der Waals surface area contributed by atoms with Crippen LogP contribution in [0.5, 0.6) is 0 Å². The van der Waals surface area contributed by atoms with Crippen LogP contribution in [0.25, 0.3) is 0 Å². The van der Waals surface area contributed by atoms with E-state index in [0.717, 1.165) is 16.6 Å². The second-order valence-electron chi connectivity index (χ2n) is 5.41. The second kappa shape index (κ2) is 11.6. The van der Waals surface area contributed by atoms with Crippen LogP contribution in [0.1, 0.15) is 41.5 Å². The van der Waals surface area contributed by atoms with Crippen molar-refractivity contribution in [2.45, 2.75) is 64.2 Å². The molecule has 18 heavy (non-hydrogen) atoms. The van der Waals surface area contributed by atoms with Crippen LogP contribution in [0, 0.1) is 0 Å². The van der Waals surface area contributed by atoms with Gasteiger partial charge < -0.3 is 16.3 Å². The van der Waals surface area contributed by atoms with E-state index in [9.17, 15) is 9.18 Å². The Hall–Kier alpha value is -0.463. The van der Waals surface area contributed by atoms with Gasteiger partial charge in [0.1, 0.15) is 12.7 Å². The molecule has 0 heterocycles. The summed E-state index contributed by atoms with van der Waals surface area (Å²) in [6.07, 6.45) is 0. The molecule has 0 fully saturated rings. The van der Waals surface area contributed by atoms with Crippen LogP contribution < -0.4 is 5.73 Å². The minimum absolute atomic E-state index is 0. The minimum atomic E-state index is -1.35. The number of carboxylic acids is 1. The number of carbonyl (C=O) groups is 1. The minimum Gasteiger partial charge on any atom is -0.480 e. The summed E-state index contributed by atoms with van der Waals surface area (Å²) in [5, 5.41) is 7.82. The third kappa shape index (κ3) is 10.7. The third-order valence-corrected chi connectivity index (χ3v) is 7.41. The van der Waals surface area contributed by atoms with Gasteiger partial charge in [-0.05, 0) is 0 Å². The van der Waals surface area contributed by atoms with Crippen molar-refractivity contribution in [3.8, 4) is 0 Å². The molecule has 5 N–H and O–H groups in total. The first-order valence-corrected chi connectivity index (χ1v) is 8.19. The van der Waals surface area contributed by atoms with Crippen molar-refractivity contribution in [2.24, 2.45) is 5.73 Å². The zero-order chi connectivity index (χ0) is 14.2. The quantitative estimate of drug-likeness (QED) is 0.755. The third-order valence-electron chi connectivity index (χ3n) is 2.79. The molecule has 0 saturated heterocycles. The molecule has 4 nitrogen and oxygen atoms in total. The number of rotatable bonds is 5. The molecule has 0 bridgehead atoms. The van der Waals surface area contributed by atoms with E-state index in [2.05, 4.69) is 47.3 Å². The lowest BCUT2D eigenvalue weighted by Gasteiger charge is -2.26. The molecule has 0 aromatic carbocycles. The van der Waals surface area contributed by atoms with Gasteiger partial charge in [-0.25, -0.2) is 4.39 Å². The maximum absolute atomic E-state index is 11.1. The van der Waals surface area contributed by atoms with Crippen molar-refractivity contribution < 1.29 is 19.8 Å². The van der Waals surface area contributed by atoms with Crippen LogP contribution in [0.15, 0.2) is 0 Å². The highest BCUT2D eigenvalue weighted by Gasteiger charge is 2.22. The Morgan fingerprint density at radius 1 is 1.11 bits per heavy atom. The van der Waals surface area contributed by atoms with Crippen LogP contribution in [-0.4, -0.2) is 38.1 Å². The Morgan fingerprint density at radius 3 is 1.39 bits per heavy atom. The number of hydrogen-bond donors (Lipinski definition) is 2. The highest BCUT2D eigenvalue weighted by molar-refractivity contribution is 6.63. The van der Waals surface area contributed by atoms with Crippen molar-refractivity contribution in [2.75, 3.05) is 6.67 Å². The first-order chi connectivity index (χ1) is 7.64. The summed E-state index contributed by atoms with van der Waals surface area (Å²) in [6.45, 7) is 13.3. The number of carboxylic acid groups (broad SMARTS) is 1. The van der Waals surface area contributed by atoms with E-state index in [4.69, 9.17) is 5.11 Å². The molecule has 6 heteroatoms. The van der Waals surface area contributed by atoms with Crippen LogP contribution in [0.2, 0.25) is 16.6 Å². The highest BCUT2D eigenvalue weighted by Crippen LogP contribution is 2.28. The van der Waals surface area contributed by atoms with Gasteiger partial charge in [-0.1, -0.05) is 58.2 Å². The molecule has 0 aromatic rings. The van der Waals surface area contributed by atoms with E-state index in [1.807, 2.05) is 0 Å². The van der Waals surface area contributed by atoms with Gasteiger partial charge in [-0.15, -0.1) is 0 Å². The lowest BCUT2D eigenvalue weighted by molar-refractivity contribution is -0.138. The van der Waals surface area contributed by atoms with Gasteiger partial charge in [-0.2, -0.15) is 0 Å². The van der Waals surface area contributed by atoms with E-state index in [0.29, 0.717) is 0 Å². The van der Waals surface area contributed by atoms with Crippen molar-refractivity contribution in [3.05, 3.63) is 0 Å². The summed E-state index contributed by atoms with van der Waals surface area (Å²) < 4.78 is 11.1. The normalized spacial score (nSPS) is 12.2. The molecular formula is C12H30FNO3Si. The molecule has 0 radical (unpaired) electrons.